The van der Waals surface area contributed by atoms with Gasteiger partial charge in [0.25, 0.3) is 0 Å². The van der Waals surface area contributed by atoms with Gasteiger partial charge in [-0.25, -0.2) is 9.18 Å². The van der Waals surface area contributed by atoms with E-state index in [1.165, 1.54) is 20.8 Å². The predicted octanol–water partition coefficient (Wildman–Crippen LogP) is 3.10. The second-order valence-electron chi connectivity index (χ2n) is 7.99. The summed E-state index contributed by atoms with van der Waals surface area (Å²) in [5, 5.41) is 2.41. The molecule has 1 heterocycles. The Morgan fingerprint density at radius 2 is 1.86 bits per heavy atom. The van der Waals surface area contributed by atoms with Crippen molar-refractivity contribution < 1.29 is 31.9 Å². The summed E-state index contributed by atoms with van der Waals surface area (Å²) >= 11 is 0. The van der Waals surface area contributed by atoms with Gasteiger partial charge in [0.05, 0.1) is 12.2 Å². The molecule has 0 aromatic rings. The molecule has 1 aliphatic rings. The maximum atomic E-state index is 14.2. The number of nitrogens with zero attached hydrogens (tertiary/aromatic N) is 3. The summed E-state index contributed by atoms with van der Waals surface area (Å²) in [6, 6.07) is -2.09. The summed E-state index contributed by atoms with van der Waals surface area (Å²) < 4.78 is 59.0. The van der Waals surface area contributed by atoms with Crippen LogP contribution in [0.25, 0.3) is 0 Å². The largest absolute Gasteiger partial charge is 0.449 e. The van der Waals surface area contributed by atoms with E-state index in [9.17, 15) is 27.2 Å². The number of halogens is 4. The van der Waals surface area contributed by atoms with Crippen molar-refractivity contribution >= 4 is 17.8 Å². The molecule has 11 heteroatoms. The SMILES string of the molecule is CC/N=C(\N(C)C(C)NC(=O)[C@@H]1C[C@@H](F)[C@H](C)N1C(=O)OC(C)(C)C)C(F)(F)F. The molecule has 0 saturated carbocycles. The third kappa shape index (κ3) is 6.46. The van der Waals surface area contributed by atoms with E-state index in [0.717, 1.165) is 16.8 Å². The smallest absolute Gasteiger partial charge is 0.444 e. The first-order valence-corrected chi connectivity index (χ1v) is 9.40. The van der Waals surface area contributed by atoms with Crippen molar-refractivity contribution in [3.63, 3.8) is 0 Å². The Kier molecular flexibility index (Phi) is 7.89. The fraction of sp³-hybridized carbons (Fsp3) is 0.833. The van der Waals surface area contributed by atoms with Crippen molar-refractivity contribution in [1.29, 1.82) is 0 Å². The van der Waals surface area contributed by atoms with Gasteiger partial charge in [-0.1, -0.05) is 0 Å². The van der Waals surface area contributed by atoms with Gasteiger partial charge in [-0.15, -0.1) is 0 Å². The van der Waals surface area contributed by atoms with Gasteiger partial charge in [-0.05, 0) is 41.5 Å². The molecule has 1 rings (SSSR count). The second-order valence-corrected chi connectivity index (χ2v) is 7.99. The van der Waals surface area contributed by atoms with Crippen LogP contribution in [0.2, 0.25) is 0 Å². The molecule has 29 heavy (non-hydrogen) atoms. The highest BCUT2D eigenvalue weighted by molar-refractivity contribution is 5.89. The first kappa shape index (κ1) is 25.0. The predicted molar refractivity (Wildman–Crippen MR) is 100 cm³/mol. The number of ether oxygens (including phenoxy) is 1. The Labute approximate surface area is 168 Å². The quantitative estimate of drug-likeness (QED) is 0.325. The average Bonchev–Trinajstić information content (AvgIpc) is 2.84. The summed E-state index contributed by atoms with van der Waals surface area (Å²) in [5.74, 6) is -1.90. The number of amidine groups is 1. The number of nitrogens with one attached hydrogen (secondary N) is 1. The molecule has 2 amide bonds. The second kappa shape index (κ2) is 9.17. The van der Waals surface area contributed by atoms with Crippen LogP contribution in [0.15, 0.2) is 4.99 Å². The van der Waals surface area contributed by atoms with Crippen LogP contribution in [0.1, 0.15) is 48.0 Å². The van der Waals surface area contributed by atoms with Crippen LogP contribution < -0.4 is 5.32 Å². The molecule has 1 N–H and O–H groups in total. The number of rotatable bonds is 4. The van der Waals surface area contributed by atoms with Crippen molar-refractivity contribution in [3.8, 4) is 0 Å². The minimum atomic E-state index is -4.70. The highest BCUT2D eigenvalue weighted by atomic mass is 19.4. The van der Waals surface area contributed by atoms with Gasteiger partial charge >= 0.3 is 12.3 Å². The zero-order chi connectivity index (χ0) is 22.7. The number of carbonyl (C=O) groups excluding carboxylic acids is 2. The molecule has 0 spiro atoms. The molecule has 1 aliphatic heterocycles. The van der Waals surface area contributed by atoms with Crippen LogP contribution in [0.5, 0.6) is 0 Å². The van der Waals surface area contributed by atoms with Gasteiger partial charge in [0.15, 0.2) is 0 Å². The van der Waals surface area contributed by atoms with Crippen molar-refractivity contribution in [2.75, 3.05) is 13.6 Å². The lowest BCUT2D eigenvalue weighted by Gasteiger charge is -2.33. The standard InChI is InChI=1S/C18H30F4N4O3/c1-8-23-15(18(20,21)22)25(7)11(3)24-14(27)13-9-12(19)10(2)26(13)16(28)29-17(4,5)6/h10-13H,8-9H2,1-7H3,(H,24,27)/b23-15-/t10-,11?,12+,13-/m0/s1. The molecule has 168 valence electrons. The Morgan fingerprint density at radius 1 is 1.31 bits per heavy atom. The van der Waals surface area contributed by atoms with Crippen LogP contribution >= 0.6 is 0 Å². The minimum absolute atomic E-state index is 0.0874. The molecule has 0 radical (unpaired) electrons. The van der Waals surface area contributed by atoms with Gasteiger partial charge in [-0.2, -0.15) is 13.2 Å². The first-order valence-electron chi connectivity index (χ1n) is 9.40. The van der Waals surface area contributed by atoms with E-state index in [-0.39, 0.29) is 13.0 Å². The van der Waals surface area contributed by atoms with Crippen LogP contribution in [0.3, 0.4) is 0 Å². The molecular weight excluding hydrogens is 396 g/mol. The highest BCUT2D eigenvalue weighted by Crippen LogP contribution is 2.29. The molecule has 0 aliphatic carbocycles. The van der Waals surface area contributed by atoms with Crippen LogP contribution in [-0.2, 0) is 9.53 Å². The summed E-state index contributed by atoms with van der Waals surface area (Å²) in [4.78, 5) is 30.4. The lowest BCUT2D eigenvalue weighted by Crippen LogP contribution is -2.56. The molecule has 1 unspecified atom stereocenters. The van der Waals surface area contributed by atoms with E-state index in [1.54, 1.807) is 20.8 Å². The fourth-order valence-corrected chi connectivity index (χ4v) is 2.96. The number of likely N-dealkylation sites (tertiary alicyclic amines) is 1. The van der Waals surface area contributed by atoms with Gasteiger partial charge in [-0.3, -0.25) is 14.7 Å². The van der Waals surface area contributed by atoms with Crippen molar-refractivity contribution in [1.82, 2.24) is 15.1 Å². The van der Waals surface area contributed by atoms with E-state index in [4.69, 9.17) is 4.74 Å². The van der Waals surface area contributed by atoms with Gasteiger partial charge in [0.1, 0.15) is 17.8 Å². The summed E-state index contributed by atoms with van der Waals surface area (Å²) in [6.07, 6.45) is -8.37. The minimum Gasteiger partial charge on any atom is -0.444 e. The molecule has 0 aromatic heterocycles. The zero-order valence-corrected chi connectivity index (χ0v) is 17.8. The summed E-state index contributed by atoms with van der Waals surface area (Å²) in [5.41, 5.74) is -0.849. The Balaban J connectivity index is 2.98. The molecule has 1 fully saturated rings. The maximum absolute atomic E-state index is 14.2. The number of hydrogen-bond donors (Lipinski definition) is 1. The van der Waals surface area contributed by atoms with Crippen LogP contribution in [-0.4, -0.2) is 77.4 Å². The average molecular weight is 426 g/mol. The monoisotopic (exact) mass is 426 g/mol. The Morgan fingerprint density at radius 3 is 2.31 bits per heavy atom. The van der Waals surface area contributed by atoms with E-state index >= 15 is 0 Å². The van der Waals surface area contributed by atoms with Crippen LogP contribution in [0, 0.1) is 0 Å². The van der Waals surface area contributed by atoms with Gasteiger partial charge in [0, 0.05) is 20.0 Å². The number of aliphatic imine (C=N–C) groups is 1. The van der Waals surface area contributed by atoms with Gasteiger partial charge in [0.2, 0.25) is 11.7 Å². The lowest BCUT2D eigenvalue weighted by molar-refractivity contribution is -0.127. The molecule has 0 bridgehead atoms. The number of alkyl halides is 4. The number of amides is 2. The lowest BCUT2D eigenvalue weighted by atomic mass is 10.1. The topological polar surface area (TPSA) is 74.2 Å². The first-order chi connectivity index (χ1) is 13.1. The van der Waals surface area contributed by atoms with Gasteiger partial charge < -0.3 is 15.0 Å². The highest BCUT2D eigenvalue weighted by Gasteiger charge is 2.47. The van der Waals surface area contributed by atoms with E-state index in [1.807, 2.05) is 0 Å². The third-order valence-electron chi connectivity index (χ3n) is 4.48. The van der Waals surface area contributed by atoms with Crippen molar-refractivity contribution in [3.05, 3.63) is 0 Å². The molecule has 4 atom stereocenters. The number of hydrogen-bond acceptors (Lipinski definition) is 4. The number of carbonyl (C=O) groups is 2. The maximum Gasteiger partial charge on any atom is 0.449 e. The van der Waals surface area contributed by atoms with E-state index in [2.05, 4.69) is 10.3 Å². The zero-order valence-electron chi connectivity index (χ0n) is 17.8. The van der Waals surface area contributed by atoms with Crippen molar-refractivity contribution in [2.24, 2.45) is 4.99 Å². The molecular formula is C18H30F4N4O3. The summed E-state index contributed by atoms with van der Waals surface area (Å²) in [6.45, 7) is 9.08. The molecule has 1 saturated heterocycles. The molecule has 0 aromatic carbocycles. The van der Waals surface area contributed by atoms with Crippen molar-refractivity contribution in [2.45, 2.75) is 84.2 Å². The molecule has 7 nitrogen and oxygen atoms in total. The Bertz CT molecular complexity index is 634. The Hall–Kier alpha value is -2.07. The van der Waals surface area contributed by atoms with E-state index < -0.39 is 54.0 Å². The fourth-order valence-electron chi connectivity index (χ4n) is 2.96. The normalized spacial score (nSPS) is 24.3. The third-order valence-corrected chi connectivity index (χ3v) is 4.48. The van der Waals surface area contributed by atoms with E-state index in [0.29, 0.717) is 0 Å². The van der Waals surface area contributed by atoms with Crippen LogP contribution in [0.4, 0.5) is 22.4 Å². The summed E-state index contributed by atoms with van der Waals surface area (Å²) in [7, 11) is 1.15.